The van der Waals surface area contributed by atoms with E-state index in [1.165, 1.54) is 5.56 Å². The van der Waals surface area contributed by atoms with Crippen LogP contribution in [0.3, 0.4) is 0 Å². The molecule has 2 aliphatic heterocycles. The van der Waals surface area contributed by atoms with E-state index in [2.05, 4.69) is 22.2 Å². The lowest BCUT2D eigenvalue weighted by molar-refractivity contribution is -0.128. The van der Waals surface area contributed by atoms with Gasteiger partial charge in [0, 0.05) is 30.6 Å². The highest BCUT2D eigenvalue weighted by Gasteiger charge is 2.45. The van der Waals surface area contributed by atoms with Gasteiger partial charge in [-0.25, -0.2) is 0 Å². The fourth-order valence-corrected chi connectivity index (χ4v) is 4.64. The van der Waals surface area contributed by atoms with Gasteiger partial charge in [0.15, 0.2) is 0 Å². The number of ether oxygens (including phenoxy) is 1. The van der Waals surface area contributed by atoms with Crippen LogP contribution in [-0.4, -0.2) is 47.6 Å². The van der Waals surface area contributed by atoms with E-state index in [9.17, 15) is 4.79 Å². The van der Waals surface area contributed by atoms with E-state index in [1.54, 1.807) is 7.11 Å². The van der Waals surface area contributed by atoms with Gasteiger partial charge in [-0.2, -0.15) is 0 Å². The molecule has 1 spiro atoms. The molecule has 2 saturated heterocycles. The minimum absolute atomic E-state index is 0.118. The lowest BCUT2D eigenvalue weighted by Crippen LogP contribution is -2.41. The first-order valence-electron chi connectivity index (χ1n) is 10.0. The lowest BCUT2D eigenvalue weighted by Gasteiger charge is -2.39. The van der Waals surface area contributed by atoms with Gasteiger partial charge < -0.3 is 14.2 Å². The molecule has 2 aliphatic rings. The molecule has 0 N–H and O–H groups in total. The fraction of sp³-hybridized carbons (Fsp3) is 0.545. The summed E-state index contributed by atoms with van der Waals surface area (Å²) in [5.41, 5.74) is 3.29. The molecule has 3 heterocycles. The third-order valence-electron chi connectivity index (χ3n) is 6.44. The fourth-order valence-electron chi connectivity index (χ4n) is 4.64. The second-order valence-electron chi connectivity index (χ2n) is 8.32. The van der Waals surface area contributed by atoms with Gasteiger partial charge in [-0.05, 0) is 51.3 Å². The Morgan fingerprint density at radius 2 is 1.93 bits per heavy atom. The number of aryl methyl sites for hydroxylation is 2. The molecule has 1 aromatic heterocycles. The number of rotatable bonds is 5. The van der Waals surface area contributed by atoms with E-state index >= 15 is 0 Å². The van der Waals surface area contributed by atoms with E-state index in [4.69, 9.17) is 9.26 Å². The molecule has 2 fully saturated rings. The normalized spacial score (nSPS) is 19.5. The Kier molecular flexibility index (Phi) is 5.15. The van der Waals surface area contributed by atoms with Gasteiger partial charge in [0.2, 0.25) is 5.91 Å². The highest BCUT2D eigenvalue weighted by Crippen LogP contribution is 2.42. The van der Waals surface area contributed by atoms with Crippen LogP contribution in [0.4, 0.5) is 0 Å². The minimum atomic E-state index is 0.118. The minimum Gasteiger partial charge on any atom is -0.496 e. The van der Waals surface area contributed by atoms with Crippen LogP contribution >= 0.6 is 0 Å². The van der Waals surface area contributed by atoms with Crippen molar-refractivity contribution in [2.75, 3.05) is 26.7 Å². The molecule has 6 heteroatoms. The van der Waals surface area contributed by atoms with Crippen molar-refractivity contribution in [3.63, 3.8) is 0 Å². The standard InChI is InChI=1S/C22H29N3O3/c1-16-19(17(2)28-23-16)14-25-15-22(12-21(25)26)8-10-24(11-9-22)13-18-6-4-5-7-20(18)27-3/h4-7H,8-15H2,1-3H3. The summed E-state index contributed by atoms with van der Waals surface area (Å²) >= 11 is 0. The van der Waals surface area contributed by atoms with E-state index in [0.29, 0.717) is 13.0 Å². The van der Waals surface area contributed by atoms with Crippen LogP contribution in [0.1, 0.15) is 41.8 Å². The Labute approximate surface area is 166 Å². The van der Waals surface area contributed by atoms with Gasteiger partial charge in [0.25, 0.3) is 0 Å². The summed E-state index contributed by atoms with van der Waals surface area (Å²) < 4.78 is 10.7. The van der Waals surface area contributed by atoms with Crippen molar-refractivity contribution < 1.29 is 14.1 Å². The molecule has 0 saturated carbocycles. The topological polar surface area (TPSA) is 58.8 Å². The number of nitrogens with zero attached hydrogens (tertiary/aromatic N) is 3. The van der Waals surface area contributed by atoms with Gasteiger partial charge in [-0.15, -0.1) is 0 Å². The third kappa shape index (κ3) is 3.65. The number of piperidine rings is 1. The van der Waals surface area contributed by atoms with Crippen molar-refractivity contribution in [2.24, 2.45) is 5.41 Å². The number of likely N-dealkylation sites (tertiary alicyclic amines) is 2. The monoisotopic (exact) mass is 383 g/mol. The first kappa shape index (κ1) is 19.0. The van der Waals surface area contributed by atoms with Crippen LogP contribution in [0.25, 0.3) is 0 Å². The number of carbonyl (C=O) groups excluding carboxylic acids is 1. The molecule has 150 valence electrons. The van der Waals surface area contributed by atoms with Crippen molar-refractivity contribution in [3.8, 4) is 5.75 Å². The lowest BCUT2D eigenvalue weighted by atomic mass is 9.77. The Morgan fingerprint density at radius 1 is 1.18 bits per heavy atom. The van der Waals surface area contributed by atoms with E-state index in [1.807, 2.05) is 30.9 Å². The molecule has 2 aromatic rings. The molecule has 0 aliphatic carbocycles. The zero-order valence-corrected chi connectivity index (χ0v) is 17.0. The number of para-hydroxylation sites is 1. The first-order chi connectivity index (χ1) is 13.5. The summed E-state index contributed by atoms with van der Waals surface area (Å²) in [6.07, 6.45) is 2.79. The van der Waals surface area contributed by atoms with Crippen molar-refractivity contribution in [1.82, 2.24) is 15.0 Å². The Bertz CT molecular complexity index is 833. The first-order valence-corrected chi connectivity index (χ1v) is 10.0. The smallest absolute Gasteiger partial charge is 0.223 e. The summed E-state index contributed by atoms with van der Waals surface area (Å²) in [5, 5.41) is 4.02. The molecule has 0 radical (unpaired) electrons. The molecule has 4 rings (SSSR count). The van der Waals surface area contributed by atoms with Crippen molar-refractivity contribution in [3.05, 3.63) is 46.8 Å². The number of amides is 1. The quantitative estimate of drug-likeness (QED) is 0.793. The molecule has 1 amide bonds. The number of benzene rings is 1. The van der Waals surface area contributed by atoms with Crippen LogP contribution in [0.2, 0.25) is 0 Å². The summed E-state index contributed by atoms with van der Waals surface area (Å²) in [5.74, 6) is 2.03. The Morgan fingerprint density at radius 3 is 2.61 bits per heavy atom. The number of carbonyl (C=O) groups is 1. The average molecular weight is 383 g/mol. The molecule has 0 atom stereocenters. The summed E-state index contributed by atoms with van der Waals surface area (Å²) in [6.45, 7) is 8.26. The largest absolute Gasteiger partial charge is 0.496 e. The van der Waals surface area contributed by atoms with Crippen LogP contribution < -0.4 is 4.74 Å². The predicted octanol–water partition coefficient (Wildman–Crippen LogP) is 3.31. The highest BCUT2D eigenvalue weighted by molar-refractivity contribution is 5.79. The molecule has 6 nitrogen and oxygen atoms in total. The number of hydrogen-bond donors (Lipinski definition) is 0. The maximum atomic E-state index is 12.7. The average Bonchev–Trinajstić information content (AvgIpc) is 3.18. The van der Waals surface area contributed by atoms with Crippen LogP contribution in [0, 0.1) is 19.3 Å². The van der Waals surface area contributed by atoms with E-state index in [-0.39, 0.29) is 11.3 Å². The zero-order chi connectivity index (χ0) is 19.7. The van der Waals surface area contributed by atoms with Gasteiger partial charge in [0.1, 0.15) is 11.5 Å². The van der Waals surface area contributed by atoms with Crippen LogP contribution in [-0.2, 0) is 17.9 Å². The summed E-state index contributed by atoms with van der Waals surface area (Å²) in [6, 6.07) is 8.22. The predicted molar refractivity (Wildman–Crippen MR) is 106 cm³/mol. The highest BCUT2D eigenvalue weighted by atomic mass is 16.5. The second kappa shape index (κ2) is 7.59. The van der Waals surface area contributed by atoms with Gasteiger partial charge >= 0.3 is 0 Å². The van der Waals surface area contributed by atoms with Crippen LogP contribution in [0.15, 0.2) is 28.8 Å². The maximum absolute atomic E-state index is 12.7. The van der Waals surface area contributed by atoms with E-state index < -0.39 is 0 Å². The van der Waals surface area contributed by atoms with Gasteiger partial charge in [0.05, 0.1) is 19.3 Å². The molecule has 0 unspecified atom stereocenters. The Hall–Kier alpha value is -2.34. The molecular weight excluding hydrogens is 354 g/mol. The maximum Gasteiger partial charge on any atom is 0.223 e. The van der Waals surface area contributed by atoms with Crippen molar-refractivity contribution in [2.45, 2.75) is 46.2 Å². The summed E-state index contributed by atoms with van der Waals surface area (Å²) in [7, 11) is 1.72. The van der Waals surface area contributed by atoms with E-state index in [0.717, 1.165) is 61.8 Å². The Balaban J connectivity index is 1.37. The SMILES string of the molecule is COc1ccccc1CN1CCC2(CC1)CC(=O)N(Cc1c(C)noc1C)C2. The molecule has 28 heavy (non-hydrogen) atoms. The van der Waals surface area contributed by atoms with Gasteiger partial charge in [-0.3, -0.25) is 9.69 Å². The van der Waals surface area contributed by atoms with Crippen molar-refractivity contribution >= 4 is 5.91 Å². The zero-order valence-electron chi connectivity index (χ0n) is 17.0. The number of methoxy groups -OCH3 is 1. The molecule has 1 aromatic carbocycles. The molecular formula is C22H29N3O3. The third-order valence-corrected chi connectivity index (χ3v) is 6.44. The number of aromatic nitrogens is 1. The molecule has 0 bridgehead atoms. The number of hydrogen-bond acceptors (Lipinski definition) is 5. The van der Waals surface area contributed by atoms with Crippen LogP contribution in [0.5, 0.6) is 5.75 Å². The second-order valence-corrected chi connectivity index (χ2v) is 8.32. The van der Waals surface area contributed by atoms with Crippen molar-refractivity contribution in [1.29, 1.82) is 0 Å². The summed E-state index contributed by atoms with van der Waals surface area (Å²) in [4.78, 5) is 17.2. The van der Waals surface area contributed by atoms with Gasteiger partial charge in [-0.1, -0.05) is 23.4 Å².